The van der Waals surface area contributed by atoms with Gasteiger partial charge in [-0.25, -0.2) is 4.79 Å². The van der Waals surface area contributed by atoms with Crippen molar-refractivity contribution in [2.45, 2.75) is 0 Å². The van der Waals surface area contributed by atoms with E-state index in [1.165, 1.54) is 13.2 Å². The molecule has 78 valence electrons. The number of carbonyl (C=O) groups is 1. The van der Waals surface area contributed by atoms with E-state index < -0.39 is 5.97 Å². The van der Waals surface area contributed by atoms with E-state index in [0.717, 1.165) is 0 Å². The first kappa shape index (κ1) is 9.86. The molecule has 2 aromatic rings. The Balaban J connectivity index is 2.75. The Hall–Kier alpha value is -1.68. The number of benzene rings is 1. The predicted octanol–water partition coefficient (Wildman–Crippen LogP) is 2.79. The summed E-state index contributed by atoms with van der Waals surface area (Å²) in [5.74, 6) is -0.906. The standard InChI is InChI=1S/C10H7ClO4/c1-14-9-6(11)3-2-5-4-7(10(12)13)15-8(5)9/h2-4H,1H3,(H,12,13). The molecule has 0 spiro atoms. The van der Waals surface area contributed by atoms with E-state index in [1.54, 1.807) is 12.1 Å². The number of furan rings is 1. The molecule has 0 fully saturated rings. The Morgan fingerprint density at radius 3 is 2.87 bits per heavy atom. The van der Waals surface area contributed by atoms with Crippen LogP contribution in [-0.2, 0) is 0 Å². The lowest BCUT2D eigenvalue weighted by Gasteiger charge is -2.01. The zero-order valence-electron chi connectivity index (χ0n) is 7.78. The summed E-state index contributed by atoms with van der Waals surface area (Å²) in [5.41, 5.74) is 0.349. The SMILES string of the molecule is COc1c(Cl)ccc2cc(C(=O)O)oc12. The molecule has 0 aliphatic rings. The van der Waals surface area contributed by atoms with Crippen molar-refractivity contribution in [1.82, 2.24) is 0 Å². The molecule has 2 rings (SSSR count). The summed E-state index contributed by atoms with van der Waals surface area (Å²) >= 11 is 5.86. The molecule has 0 aliphatic heterocycles. The van der Waals surface area contributed by atoms with E-state index >= 15 is 0 Å². The van der Waals surface area contributed by atoms with Crippen LogP contribution >= 0.6 is 11.6 Å². The number of fused-ring (bicyclic) bond motifs is 1. The van der Waals surface area contributed by atoms with E-state index in [2.05, 4.69) is 0 Å². The lowest BCUT2D eigenvalue weighted by molar-refractivity contribution is 0.0665. The van der Waals surface area contributed by atoms with Crippen molar-refractivity contribution in [2.24, 2.45) is 0 Å². The molecule has 0 unspecified atom stereocenters. The number of halogens is 1. The third-order valence-electron chi connectivity index (χ3n) is 2.01. The first-order chi connectivity index (χ1) is 7.13. The number of carboxylic acids is 1. The van der Waals surface area contributed by atoms with Gasteiger partial charge in [-0.2, -0.15) is 0 Å². The van der Waals surface area contributed by atoms with Crippen LogP contribution in [0.25, 0.3) is 11.0 Å². The van der Waals surface area contributed by atoms with Crippen LogP contribution < -0.4 is 4.74 Å². The van der Waals surface area contributed by atoms with Gasteiger partial charge in [0.2, 0.25) is 5.76 Å². The van der Waals surface area contributed by atoms with Crippen molar-refractivity contribution in [1.29, 1.82) is 0 Å². The lowest BCUT2D eigenvalue weighted by atomic mass is 10.2. The summed E-state index contributed by atoms with van der Waals surface area (Å²) in [6, 6.07) is 4.73. The van der Waals surface area contributed by atoms with E-state index in [4.69, 9.17) is 25.9 Å². The molecule has 4 nitrogen and oxygen atoms in total. The number of rotatable bonds is 2. The number of aromatic carboxylic acids is 1. The quantitative estimate of drug-likeness (QED) is 0.855. The summed E-state index contributed by atoms with van der Waals surface area (Å²) in [6.45, 7) is 0. The van der Waals surface area contributed by atoms with Crippen LogP contribution in [-0.4, -0.2) is 18.2 Å². The van der Waals surface area contributed by atoms with E-state index in [1.807, 2.05) is 0 Å². The highest BCUT2D eigenvalue weighted by Gasteiger charge is 2.15. The van der Waals surface area contributed by atoms with Gasteiger partial charge in [-0.15, -0.1) is 0 Å². The molecule has 1 N–H and O–H groups in total. The molecule has 1 aromatic heterocycles. The number of hydrogen-bond donors (Lipinski definition) is 1. The highest BCUT2D eigenvalue weighted by atomic mass is 35.5. The Bertz CT molecular complexity index is 529. The summed E-state index contributed by atoms with van der Waals surface area (Å²) in [7, 11) is 1.45. The number of hydrogen-bond acceptors (Lipinski definition) is 3. The molecule has 1 heterocycles. The first-order valence-corrected chi connectivity index (χ1v) is 4.50. The van der Waals surface area contributed by atoms with E-state index in [0.29, 0.717) is 21.7 Å². The largest absolute Gasteiger partial charge is 0.491 e. The normalized spacial score (nSPS) is 10.5. The van der Waals surface area contributed by atoms with Gasteiger partial charge in [0.15, 0.2) is 11.3 Å². The number of methoxy groups -OCH3 is 1. The third kappa shape index (κ3) is 1.53. The summed E-state index contributed by atoms with van der Waals surface area (Å²) in [4.78, 5) is 10.7. The summed E-state index contributed by atoms with van der Waals surface area (Å²) < 4.78 is 10.2. The summed E-state index contributed by atoms with van der Waals surface area (Å²) in [5, 5.41) is 9.78. The fourth-order valence-corrected chi connectivity index (χ4v) is 1.58. The van der Waals surface area contributed by atoms with Crippen LogP contribution in [0.1, 0.15) is 10.6 Å². The number of ether oxygens (including phenoxy) is 1. The monoisotopic (exact) mass is 226 g/mol. The maximum atomic E-state index is 10.7. The van der Waals surface area contributed by atoms with Crippen molar-refractivity contribution in [3.05, 3.63) is 29.0 Å². The average molecular weight is 227 g/mol. The van der Waals surface area contributed by atoms with Gasteiger partial charge < -0.3 is 14.3 Å². The predicted molar refractivity (Wildman–Crippen MR) is 54.7 cm³/mol. The van der Waals surface area contributed by atoms with Crippen LogP contribution in [0.2, 0.25) is 5.02 Å². The van der Waals surface area contributed by atoms with Gasteiger partial charge in [0.05, 0.1) is 12.1 Å². The zero-order valence-corrected chi connectivity index (χ0v) is 8.54. The van der Waals surface area contributed by atoms with E-state index in [-0.39, 0.29) is 5.76 Å². The Morgan fingerprint density at radius 2 is 2.27 bits per heavy atom. The molecule has 5 heteroatoms. The molecular formula is C10H7ClO4. The molecule has 0 aliphatic carbocycles. The third-order valence-corrected chi connectivity index (χ3v) is 2.31. The van der Waals surface area contributed by atoms with Crippen LogP contribution in [0, 0.1) is 0 Å². The minimum absolute atomic E-state index is 0.134. The molecule has 15 heavy (non-hydrogen) atoms. The van der Waals surface area contributed by atoms with Gasteiger partial charge >= 0.3 is 5.97 Å². The molecular weight excluding hydrogens is 220 g/mol. The fourth-order valence-electron chi connectivity index (χ4n) is 1.35. The Morgan fingerprint density at radius 1 is 1.53 bits per heavy atom. The molecule has 0 amide bonds. The highest BCUT2D eigenvalue weighted by molar-refractivity contribution is 6.33. The summed E-state index contributed by atoms with van der Waals surface area (Å²) in [6.07, 6.45) is 0. The van der Waals surface area contributed by atoms with Crippen molar-refractivity contribution in [3.8, 4) is 5.75 Å². The highest BCUT2D eigenvalue weighted by Crippen LogP contribution is 2.34. The smallest absolute Gasteiger partial charge is 0.371 e. The van der Waals surface area contributed by atoms with Gasteiger partial charge in [0.1, 0.15) is 0 Å². The topological polar surface area (TPSA) is 59.7 Å². The maximum absolute atomic E-state index is 10.7. The minimum Gasteiger partial charge on any atom is -0.491 e. The Kier molecular flexibility index (Phi) is 2.28. The second-order valence-electron chi connectivity index (χ2n) is 2.91. The average Bonchev–Trinajstić information content (AvgIpc) is 2.61. The first-order valence-electron chi connectivity index (χ1n) is 4.13. The lowest BCUT2D eigenvalue weighted by Crippen LogP contribution is -1.91. The van der Waals surface area contributed by atoms with Gasteiger partial charge in [-0.05, 0) is 18.2 Å². The van der Waals surface area contributed by atoms with E-state index in [9.17, 15) is 4.79 Å². The second kappa shape index (κ2) is 3.47. The van der Waals surface area contributed by atoms with Crippen LogP contribution in [0.5, 0.6) is 5.75 Å². The zero-order chi connectivity index (χ0) is 11.0. The van der Waals surface area contributed by atoms with Crippen molar-refractivity contribution < 1.29 is 19.1 Å². The van der Waals surface area contributed by atoms with Crippen LogP contribution in [0.3, 0.4) is 0 Å². The molecule has 0 radical (unpaired) electrons. The molecule has 0 atom stereocenters. The molecule has 1 aromatic carbocycles. The van der Waals surface area contributed by atoms with Crippen LogP contribution in [0.4, 0.5) is 0 Å². The fraction of sp³-hybridized carbons (Fsp3) is 0.100. The minimum atomic E-state index is -1.12. The Labute approximate surface area is 90.0 Å². The molecule has 0 saturated heterocycles. The maximum Gasteiger partial charge on any atom is 0.371 e. The van der Waals surface area contributed by atoms with Crippen LogP contribution in [0.15, 0.2) is 22.6 Å². The van der Waals surface area contributed by atoms with Crippen molar-refractivity contribution in [2.75, 3.05) is 7.11 Å². The van der Waals surface area contributed by atoms with Crippen molar-refractivity contribution >= 4 is 28.5 Å². The molecule has 0 saturated carbocycles. The van der Waals surface area contributed by atoms with Gasteiger partial charge in [0.25, 0.3) is 0 Å². The van der Waals surface area contributed by atoms with Gasteiger partial charge in [-0.3, -0.25) is 0 Å². The van der Waals surface area contributed by atoms with Crippen molar-refractivity contribution in [3.63, 3.8) is 0 Å². The number of carboxylic acid groups (broad SMARTS) is 1. The second-order valence-corrected chi connectivity index (χ2v) is 3.32. The van der Waals surface area contributed by atoms with Gasteiger partial charge in [-0.1, -0.05) is 11.6 Å². The van der Waals surface area contributed by atoms with Gasteiger partial charge in [0, 0.05) is 5.39 Å². The molecule has 0 bridgehead atoms.